The maximum atomic E-state index is 11.8. The van der Waals surface area contributed by atoms with Gasteiger partial charge in [0.2, 0.25) is 5.91 Å². The Kier molecular flexibility index (Phi) is 4.76. The second-order valence-corrected chi connectivity index (χ2v) is 4.65. The van der Waals surface area contributed by atoms with Crippen molar-refractivity contribution in [3.05, 3.63) is 29.8 Å². The van der Waals surface area contributed by atoms with Crippen LogP contribution in [0.5, 0.6) is 5.75 Å². The van der Waals surface area contributed by atoms with Crippen LogP contribution in [0.3, 0.4) is 0 Å². The van der Waals surface area contributed by atoms with E-state index < -0.39 is 6.10 Å². The first-order valence-electron chi connectivity index (χ1n) is 6.54. The van der Waals surface area contributed by atoms with Crippen LogP contribution in [-0.2, 0) is 4.79 Å². The van der Waals surface area contributed by atoms with E-state index in [4.69, 9.17) is 4.74 Å². The molecule has 0 saturated carbocycles. The van der Waals surface area contributed by atoms with E-state index in [0.29, 0.717) is 11.3 Å². The number of methoxy groups -OCH3 is 1. The molecule has 0 spiro atoms. The van der Waals surface area contributed by atoms with Crippen LogP contribution in [0.2, 0.25) is 0 Å². The van der Waals surface area contributed by atoms with Gasteiger partial charge in [-0.25, -0.2) is 0 Å². The Bertz CT molecular complexity index is 430. The van der Waals surface area contributed by atoms with E-state index in [1.807, 2.05) is 12.1 Å². The summed E-state index contributed by atoms with van der Waals surface area (Å²) in [7, 11) is 1.56. The van der Waals surface area contributed by atoms with Crippen LogP contribution in [0.4, 0.5) is 0 Å². The normalized spacial score (nSPS) is 20.0. The van der Waals surface area contributed by atoms with E-state index >= 15 is 0 Å². The van der Waals surface area contributed by atoms with Crippen molar-refractivity contribution in [3.63, 3.8) is 0 Å². The number of ether oxygens (including phenoxy) is 1. The maximum Gasteiger partial charge on any atom is 0.237 e. The van der Waals surface area contributed by atoms with Crippen molar-refractivity contribution >= 4 is 5.91 Å². The number of para-hydroxylation sites is 1. The van der Waals surface area contributed by atoms with Gasteiger partial charge in [0, 0.05) is 12.1 Å². The number of aliphatic hydroxyl groups is 1. The molecule has 5 heteroatoms. The second-order valence-electron chi connectivity index (χ2n) is 4.65. The highest BCUT2D eigenvalue weighted by Crippen LogP contribution is 2.24. The second kappa shape index (κ2) is 6.54. The summed E-state index contributed by atoms with van der Waals surface area (Å²) in [5, 5.41) is 16.0. The number of hydrogen-bond acceptors (Lipinski definition) is 4. The lowest BCUT2D eigenvalue weighted by atomic mass is 10.1. The van der Waals surface area contributed by atoms with Crippen molar-refractivity contribution < 1.29 is 14.6 Å². The smallest absolute Gasteiger partial charge is 0.237 e. The van der Waals surface area contributed by atoms with E-state index in [1.54, 1.807) is 19.2 Å². The number of carbonyl (C=O) groups excluding carboxylic acids is 1. The largest absolute Gasteiger partial charge is 0.496 e. The molecule has 1 heterocycles. The van der Waals surface area contributed by atoms with E-state index in [-0.39, 0.29) is 18.5 Å². The Morgan fingerprint density at radius 3 is 3.05 bits per heavy atom. The first-order valence-corrected chi connectivity index (χ1v) is 6.54. The molecule has 1 aromatic rings. The monoisotopic (exact) mass is 264 g/mol. The lowest BCUT2D eigenvalue weighted by Gasteiger charge is -2.17. The Balaban J connectivity index is 1.89. The first-order chi connectivity index (χ1) is 9.22. The fourth-order valence-electron chi connectivity index (χ4n) is 2.28. The fourth-order valence-corrected chi connectivity index (χ4v) is 2.28. The van der Waals surface area contributed by atoms with E-state index in [2.05, 4.69) is 10.6 Å². The molecular weight excluding hydrogens is 244 g/mol. The highest BCUT2D eigenvalue weighted by atomic mass is 16.5. The van der Waals surface area contributed by atoms with Gasteiger partial charge in [0.15, 0.2) is 0 Å². The lowest BCUT2D eigenvalue weighted by Crippen LogP contribution is -2.41. The molecule has 104 valence electrons. The molecule has 1 aliphatic heterocycles. The Hall–Kier alpha value is -1.59. The minimum absolute atomic E-state index is 0.0496. The number of amides is 1. The number of aliphatic hydroxyl groups excluding tert-OH is 1. The average molecular weight is 264 g/mol. The van der Waals surface area contributed by atoms with Crippen molar-refractivity contribution in [1.82, 2.24) is 10.6 Å². The summed E-state index contributed by atoms with van der Waals surface area (Å²) in [5.41, 5.74) is 0.685. The van der Waals surface area contributed by atoms with Gasteiger partial charge in [-0.15, -0.1) is 0 Å². The third-order valence-corrected chi connectivity index (χ3v) is 3.34. The number of benzene rings is 1. The van der Waals surface area contributed by atoms with Crippen molar-refractivity contribution in [2.24, 2.45) is 0 Å². The number of nitrogens with one attached hydrogen (secondary N) is 2. The molecule has 0 unspecified atom stereocenters. The standard InChI is InChI=1S/C14H20N2O3/c1-19-13-7-3-2-5-10(13)12(17)9-16-14(18)11-6-4-8-15-11/h2-3,5,7,11-12,15,17H,4,6,8-9H2,1H3,(H,16,18)/t11-,12-/m1/s1. The van der Waals surface area contributed by atoms with E-state index in [9.17, 15) is 9.90 Å². The van der Waals surface area contributed by atoms with Crippen LogP contribution in [0, 0.1) is 0 Å². The van der Waals surface area contributed by atoms with Crippen LogP contribution in [-0.4, -0.2) is 37.3 Å². The maximum absolute atomic E-state index is 11.8. The summed E-state index contributed by atoms with van der Waals surface area (Å²) < 4.78 is 5.19. The molecule has 0 aromatic heterocycles. The summed E-state index contributed by atoms with van der Waals surface area (Å²) in [6.07, 6.45) is 1.12. The molecule has 0 aliphatic carbocycles. The first kappa shape index (κ1) is 13.8. The number of carbonyl (C=O) groups is 1. The van der Waals surface area contributed by atoms with Crippen molar-refractivity contribution in [1.29, 1.82) is 0 Å². The summed E-state index contributed by atoms with van der Waals surface area (Å²) in [5.74, 6) is 0.578. The SMILES string of the molecule is COc1ccccc1[C@H](O)CNC(=O)[C@H]1CCCN1. The van der Waals surface area contributed by atoms with Gasteiger partial charge in [-0.05, 0) is 25.5 Å². The molecule has 2 rings (SSSR count). The summed E-state index contributed by atoms with van der Waals surface area (Å²) >= 11 is 0. The zero-order valence-corrected chi connectivity index (χ0v) is 11.1. The van der Waals surface area contributed by atoms with Gasteiger partial charge >= 0.3 is 0 Å². The van der Waals surface area contributed by atoms with Gasteiger partial charge in [0.05, 0.1) is 19.3 Å². The van der Waals surface area contributed by atoms with Crippen LogP contribution in [0.15, 0.2) is 24.3 Å². The molecule has 3 N–H and O–H groups in total. The third-order valence-electron chi connectivity index (χ3n) is 3.34. The lowest BCUT2D eigenvalue weighted by molar-refractivity contribution is -0.123. The molecule has 0 radical (unpaired) electrons. The molecule has 19 heavy (non-hydrogen) atoms. The molecule has 5 nitrogen and oxygen atoms in total. The minimum Gasteiger partial charge on any atom is -0.496 e. The predicted octanol–water partition coefficient (Wildman–Crippen LogP) is 0.597. The number of rotatable bonds is 5. The van der Waals surface area contributed by atoms with Gasteiger partial charge in [0.1, 0.15) is 5.75 Å². The van der Waals surface area contributed by atoms with Crippen LogP contribution in [0.1, 0.15) is 24.5 Å². The Labute approximate surface area is 113 Å². The van der Waals surface area contributed by atoms with Gasteiger partial charge in [-0.2, -0.15) is 0 Å². The minimum atomic E-state index is -0.762. The third kappa shape index (κ3) is 3.45. The molecule has 1 aliphatic rings. The van der Waals surface area contributed by atoms with Gasteiger partial charge in [0.25, 0.3) is 0 Å². The molecule has 0 bridgehead atoms. The summed E-state index contributed by atoms with van der Waals surface area (Å²) in [6.45, 7) is 1.07. The Morgan fingerprint density at radius 2 is 2.37 bits per heavy atom. The van der Waals surface area contributed by atoms with Crippen LogP contribution < -0.4 is 15.4 Å². The summed E-state index contributed by atoms with van der Waals surface area (Å²) in [4.78, 5) is 11.8. The molecular formula is C14H20N2O3. The van der Waals surface area contributed by atoms with Crippen molar-refractivity contribution in [2.45, 2.75) is 25.0 Å². The zero-order chi connectivity index (χ0) is 13.7. The summed E-state index contributed by atoms with van der Waals surface area (Å²) in [6, 6.07) is 7.14. The molecule has 2 atom stereocenters. The topological polar surface area (TPSA) is 70.6 Å². The number of hydrogen-bond donors (Lipinski definition) is 3. The molecule has 1 fully saturated rings. The van der Waals surface area contributed by atoms with Crippen molar-refractivity contribution in [2.75, 3.05) is 20.2 Å². The van der Waals surface area contributed by atoms with Crippen LogP contribution in [0.25, 0.3) is 0 Å². The van der Waals surface area contributed by atoms with E-state index in [1.165, 1.54) is 0 Å². The Morgan fingerprint density at radius 1 is 1.58 bits per heavy atom. The van der Waals surface area contributed by atoms with Gasteiger partial charge in [-0.3, -0.25) is 4.79 Å². The average Bonchev–Trinajstić information content (AvgIpc) is 2.98. The fraction of sp³-hybridized carbons (Fsp3) is 0.500. The highest BCUT2D eigenvalue weighted by molar-refractivity contribution is 5.82. The molecule has 1 aromatic carbocycles. The highest BCUT2D eigenvalue weighted by Gasteiger charge is 2.22. The predicted molar refractivity (Wildman–Crippen MR) is 72.0 cm³/mol. The molecule has 1 amide bonds. The van der Waals surface area contributed by atoms with Gasteiger partial charge < -0.3 is 20.5 Å². The van der Waals surface area contributed by atoms with Crippen molar-refractivity contribution in [3.8, 4) is 5.75 Å². The van der Waals surface area contributed by atoms with Gasteiger partial charge in [-0.1, -0.05) is 18.2 Å². The quantitative estimate of drug-likeness (QED) is 0.728. The van der Waals surface area contributed by atoms with Crippen LogP contribution >= 0.6 is 0 Å². The molecule has 1 saturated heterocycles. The zero-order valence-electron chi connectivity index (χ0n) is 11.1. The van der Waals surface area contributed by atoms with E-state index in [0.717, 1.165) is 19.4 Å².